The van der Waals surface area contributed by atoms with Crippen molar-refractivity contribution in [1.82, 2.24) is 29.1 Å². The number of aromatic nitrogens is 4. The van der Waals surface area contributed by atoms with Gasteiger partial charge in [-0.3, -0.25) is 4.57 Å². The van der Waals surface area contributed by atoms with E-state index >= 15 is 0 Å². The van der Waals surface area contributed by atoms with Gasteiger partial charge < -0.3 is 23.5 Å². The van der Waals surface area contributed by atoms with Crippen molar-refractivity contribution in [3.05, 3.63) is 73.3 Å². The fourth-order valence-corrected chi connectivity index (χ4v) is 12.0. The van der Waals surface area contributed by atoms with Crippen LogP contribution in [-0.2, 0) is 25.5 Å². The Balaban J connectivity index is 1.40. The quantitative estimate of drug-likeness (QED) is 0.187. The van der Waals surface area contributed by atoms with Gasteiger partial charge in [0.25, 0.3) is 15.0 Å². The Morgan fingerprint density at radius 3 is 2.30 bits per heavy atom. The van der Waals surface area contributed by atoms with Crippen LogP contribution in [-0.4, -0.2) is 94.6 Å². The van der Waals surface area contributed by atoms with E-state index in [1.54, 1.807) is 25.1 Å². The Bertz CT molecular complexity index is 1730. The zero-order valence-corrected chi connectivity index (χ0v) is 30.6. The Morgan fingerprint density at radius 2 is 1.72 bits per heavy atom. The van der Waals surface area contributed by atoms with Gasteiger partial charge in [-0.1, -0.05) is 81.4 Å². The van der Waals surface area contributed by atoms with Crippen LogP contribution in [0.2, 0.25) is 5.04 Å². The number of aliphatic imine (C=N–C) groups is 1. The highest BCUT2D eigenvalue weighted by molar-refractivity contribution is 8.08. The van der Waals surface area contributed by atoms with Gasteiger partial charge in [-0.15, -0.1) is 0 Å². The van der Waals surface area contributed by atoms with Crippen LogP contribution in [0.5, 0.6) is 0 Å². The van der Waals surface area contributed by atoms with Crippen molar-refractivity contribution in [2.75, 3.05) is 34.3 Å². The third kappa shape index (κ3) is 6.73. The number of fused-ring (bicyclic) bond motifs is 1. The van der Waals surface area contributed by atoms with Gasteiger partial charge in [0.05, 0.1) is 19.0 Å². The molecule has 0 saturated carbocycles. The number of imidazole rings is 1. The molecule has 2 fully saturated rings. The topological polar surface area (TPSA) is 110 Å². The summed E-state index contributed by atoms with van der Waals surface area (Å²) in [6.07, 6.45) is 4.37. The molecule has 0 bridgehead atoms. The molecule has 0 amide bonds. The maximum atomic E-state index is 10.9. The van der Waals surface area contributed by atoms with Crippen LogP contribution in [0.15, 0.2) is 78.3 Å². The molecule has 0 spiro atoms. The highest BCUT2D eigenvalue weighted by Gasteiger charge is 2.54. The average molecular weight is 694 g/mol. The first-order valence-electron chi connectivity index (χ1n) is 16.0. The minimum absolute atomic E-state index is 0.0676. The van der Waals surface area contributed by atoms with Crippen molar-refractivity contribution in [1.29, 1.82) is 0 Å². The van der Waals surface area contributed by atoms with Crippen molar-refractivity contribution in [2.24, 2.45) is 4.99 Å². The number of hydrogen-bond donors (Lipinski definition) is 1. The number of benzene rings is 2. The van der Waals surface area contributed by atoms with E-state index in [2.05, 4.69) is 84.2 Å². The molecule has 1 N–H and O–H groups in total. The van der Waals surface area contributed by atoms with E-state index in [1.807, 2.05) is 23.7 Å². The van der Waals surface area contributed by atoms with Gasteiger partial charge in [0.1, 0.15) is 24.5 Å². The second kappa shape index (κ2) is 13.6. The second-order valence-electron chi connectivity index (χ2n) is 13.4. The lowest BCUT2D eigenvalue weighted by Gasteiger charge is -2.45. The summed E-state index contributed by atoms with van der Waals surface area (Å²) in [6, 6.07) is 21.1. The molecule has 2 aliphatic rings. The van der Waals surface area contributed by atoms with Crippen molar-refractivity contribution in [2.45, 2.75) is 63.5 Å². The number of rotatable bonds is 10. The van der Waals surface area contributed by atoms with E-state index < -0.39 is 33.4 Å². The minimum atomic E-state index is -3.20. The number of likely N-dealkylation sites (tertiary alicyclic amines) is 1. The van der Waals surface area contributed by atoms with Gasteiger partial charge in [-0.2, -0.15) is 0 Å². The smallest absolute Gasteiger partial charge is 0.261 e. The highest BCUT2D eigenvalue weighted by atomic mass is 32.5. The summed E-state index contributed by atoms with van der Waals surface area (Å²) in [5, 5.41) is 2.10. The normalized spacial score (nSPS) is 22.9. The first-order valence-corrected chi connectivity index (χ1v) is 20.5. The van der Waals surface area contributed by atoms with Gasteiger partial charge >= 0.3 is 0 Å². The van der Waals surface area contributed by atoms with E-state index in [9.17, 15) is 4.89 Å². The number of hydrogen-bond acceptors (Lipinski definition) is 8. The molecule has 2 aromatic heterocycles. The summed E-state index contributed by atoms with van der Waals surface area (Å²) < 4.78 is 23.8. The SMILES string of the molecule is CN1CCCC1=Nc1ncnc2c1ncn2[C@H]1C[C@H](O[Si](c2ccccc2)(c2ccccc2)C(C)(C)C)[C@@H](COP(O)(=S)N(C)C)O1. The maximum absolute atomic E-state index is 10.9. The number of amidine groups is 1. The van der Waals surface area contributed by atoms with E-state index in [4.69, 9.17) is 35.5 Å². The monoisotopic (exact) mass is 693 g/mol. The van der Waals surface area contributed by atoms with Crippen LogP contribution < -0.4 is 10.4 Å². The molecule has 250 valence electrons. The van der Waals surface area contributed by atoms with Crippen LogP contribution in [0.1, 0.15) is 46.3 Å². The molecule has 1 unspecified atom stereocenters. The van der Waals surface area contributed by atoms with Crippen molar-refractivity contribution in [3.63, 3.8) is 0 Å². The van der Waals surface area contributed by atoms with Gasteiger partial charge in [-0.05, 0) is 47.7 Å². The van der Waals surface area contributed by atoms with E-state index in [1.165, 1.54) is 16.7 Å². The Kier molecular flexibility index (Phi) is 9.81. The fourth-order valence-electron chi connectivity index (χ4n) is 6.54. The van der Waals surface area contributed by atoms with Gasteiger partial charge in [0, 0.05) is 26.4 Å². The predicted molar refractivity (Wildman–Crippen MR) is 191 cm³/mol. The largest absolute Gasteiger partial charge is 0.402 e. The molecular weight excluding hydrogens is 650 g/mol. The summed E-state index contributed by atoms with van der Waals surface area (Å²) in [4.78, 5) is 31.7. The Morgan fingerprint density at radius 1 is 1.06 bits per heavy atom. The standard InChI is InChI=1S/C33H44N7O4PSSi/c1-33(2,3)47(24-14-9-7-10-15-24,25-16-11-8-12-17-25)44-26-20-29(43-27(26)21-42-45(41,46)38(4)5)40-23-36-30-31(34-22-35-32(30)40)37-28-18-13-19-39(28)6/h7-12,14-17,22-23,26-27,29H,13,18-21H2,1-6H3,(H,41,46)/t26-,27+,29+,45?/m0/s1. The van der Waals surface area contributed by atoms with E-state index in [0.29, 0.717) is 23.4 Å². The number of nitrogens with zero attached hydrogens (tertiary/aromatic N) is 7. The zero-order valence-electron chi connectivity index (χ0n) is 27.9. The molecule has 0 aliphatic carbocycles. The molecule has 2 aliphatic heterocycles. The van der Waals surface area contributed by atoms with Crippen LogP contribution in [0.3, 0.4) is 0 Å². The number of ether oxygens (including phenoxy) is 1. The summed E-state index contributed by atoms with van der Waals surface area (Å²) >= 11 is 5.45. The second-order valence-corrected chi connectivity index (χ2v) is 21.1. The van der Waals surface area contributed by atoms with Crippen molar-refractivity contribution >= 4 is 60.0 Å². The average Bonchev–Trinajstić information content (AvgIpc) is 3.77. The molecule has 4 atom stereocenters. The van der Waals surface area contributed by atoms with Crippen molar-refractivity contribution in [3.8, 4) is 0 Å². The maximum Gasteiger partial charge on any atom is 0.261 e. The first kappa shape index (κ1) is 34.0. The molecule has 2 saturated heterocycles. The van der Waals surface area contributed by atoms with Crippen LogP contribution >= 0.6 is 6.64 Å². The van der Waals surface area contributed by atoms with Gasteiger partial charge in [0.15, 0.2) is 17.0 Å². The van der Waals surface area contributed by atoms with Gasteiger partial charge in [-0.25, -0.2) is 24.6 Å². The fraction of sp³-hybridized carbons (Fsp3) is 0.455. The molecule has 6 rings (SSSR count). The molecule has 11 nitrogen and oxygen atoms in total. The lowest BCUT2D eigenvalue weighted by Crippen LogP contribution is -2.68. The molecule has 4 aromatic rings. The third-order valence-electron chi connectivity index (χ3n) is 9.06. The Hall–Kier alpha value is -2.87. The van der Waals surface area contributed by atoms with Crippen LogP contribution in [0, 0.1) is 0 Å². The molecule has 14 heteroatoms. The zero-order chi connectivity index (χ0) is 33.4. The van der Waals surface area contributed by atoms with Crippen LogP contribution in [0.25, 0.3) is 11.2 Å². The molecule has 47 heavy (non-hydrogen) atoms. The predicted octanol–water partition coefficient (Wildman–Crippen LogP) is 4.61. The van der Waals surface area contributed by atoms with E-state index in [0.717, 1.165) is 25.2 Å². The van der Waals surface area contributed by atoms with Crippen LogP contribution in [0.4, 0.5) is 5.82 Å². The summed E-state index contributed by atoms with van der Waals surface area (Å²) in [7, 11) is 2.53. The summed E-state index contributed by atoms with van der Waals surface area (Å²) in [5.41, 5.74) is 1.25. The van der Waals surface area contributed by atoms with Gasteiger partial charge in [0.2, 0.25) is 0 Å². The van der Waals surface area contributed by atoms with E-state index in [-0.39, 0.29) is 11.6 Å². The van der Waals surface area contributed by atoms with Crippen molar-refractivity contribution < 1.29 is 18.6 Å². The summed E-state index contributed by atoms with van der Waals surface area (Å²) in [6.45, 7) is 4.60. The molecule has 4 heterocycles. The lowest BCUT2D eigenvalue weighted by molar-refractivity contribution is -0.0364. The molecule has 2 aromatic carbocycles. The lowest BCUT2D eigenvalue weighted by atomic mass is 10.2. The molecular formula is C33H44N7O4PSSi. The Labute approximate surface area is 283 Å². The third-order valence-corrected chi connectivity index (χ3v) is 16.9. The summed E-state index contributed by atoms with van der Waals surface area (Å²) in [5.74, 6) is 1.54. The minimum Gasteiger partial charge on any atom is -0.402 e. The molecule has 0 radical (unpaired) electrons. The highest BCUT2D eigenvalue weighted by Crippen LogP contribution is 2.47. The first-order chi connectivity index (χ1) is 22.4.